The minimum atomic E-state index is -4.98. The van der Waals surface area contributed by atoms with Crippen molar-refractivity contribution in [3.8, 4) is 0 Å². The van der Waals surface area contributed by atoms with E-state index in [1.54, 1.807) is 12.1 Å². The summed E-state index contributed by atoms with van der Waals surface area (Å²) in [6.45, 7) is 0.168. The van der Waals surface area contributed by atoms with Crippen LogP contribution in [0.3, 0.4) is 0 Å². The molecule has 252 valence electrons. The summed E-state index contributed by atoms with van der Waals surface area (Å²) < 4.78 is 64.4. The average Bonchev–Trinajstić information content (AvgIpc) is 2.89. The first-order valence-corrected chi connectivity index (χ1v) is 16.4. The van der Waals surface area contributed by atoms with Gasteiger partial charge in [-0.05, 0) is 49.9 Å². The molecule has 0 aliphatic heterocycles. The number of rotatable bonds is 20. The van der Waals surface area contributed by atoms with Gasteiger partial charge in [-0.2, -0.15) is 16.8 Å². The van der Waals surface area contributed by atoms with Crippen LogP contribution >= 0.6 is 0 Å². The standard InChI is InChI=1S/C24H36N6O13S2/c25-15-9-7-14(8-10-15)22(35)27-11-2-1-4-16(21(26)34)29-24(37)18(13-45(41,42)43)30-23(36)17(12-44(38,39)40)28-19(31)5-3-6-20(32)33/h7-10,16-18H,1-6,11-13,25H2,(H2,26,34)(H,27,35)(H,28,31)(H,29,37)(H,30,36)(H,32,33)(H,38,39,40)(H,41,42,43)/t16-,17-,18-/m0/s1. The van der Waals surface area contributed by atoms with Crippen LogP contribution in [0.5, 0.6) is 0 Å². The molecule has 0 aliphatic carbocycles. The molecule has 11 N–H and O–H groups in total. The number of carbonyl (C=O) groups excluding carboxylic acids is 5. The average molecular weight is 681 g/mol. The summed E-state index contributed by atoms with van der Waals surface area (Å²) in [5.41, 5.74) is 11.7. The summed E-state index contributed by atoms with van der Waals surface area (Å²) in [4.78, 5) is 72.5. The third-order valence-electron chi connectivity index (χ3n) is 5.87. The molecule has 0 unspecified atom stereocenters. The van der Waals surface area contributed by atoms with E-state index < -0.39 is 92.3 Å². The quantitative estimate of drug-likeness (QED) is 0.0380. The molecule has 0 fully saturated rings. The number of hydrogen-bond donors (Lipinski definition) is 9. The Morgan fingerprint density at radius 2 is 1.24 bits per heavy atom. The molecule has 0 saturated heterocycles. The molecule has 19 nitrogen and oxygen atoms in total. The van der Waals surface area contributed by atoms with Crippen molar-refractivity contribution in [1.29, 1.82) is 0 Å². The number of carbonyl (C=O) groups is 6. The van der Waals surface area contributed by atoms with Crippen LogP contribution < -0.4 is 32.7 Å². The van der Waals surface area contributed by atoms with Gasteiger partial charge in [0, 0.05) is 30.6 Å². The number of benzene rings is 1. The maximum absolute atomic E-state index is 12.9. The predicted molar refractivity (Wildman–Crippen MR) is 156 cm³/mol. The molecule has 0 spiro atoms. The van der Waals surface area contributed by atoms with Crippen molar-refractivity contribution in [1.82, 2.24) is 21.3 Å². The Kier molecular flexibility index (Phi) is 15.3. The van der Waals surface area contributed by atoms with Gasteiger partial charge in [-0.1, -0.05) is 0 Å². The third-order valence-corrected chi connectivity index (χ3v) is 7.38. The Bertz CT molecular complexity index is 1450. The van der Waals surface area contributed by atoms with Gasteiger partial charge < -0.3 is 37.8 Å². The van der Waals surface area contributed by atoms with Gasteiger partial charge in [-0.15, -0.1) is 0 Å². The van der Waals surface area contributed by atoms with Gasteiger partial charge in [0.15, 0.2) is 0 Å². The second-order valence-corrected chi connectivity index (χ2v) is 12.8. The largest absolute Gasteiger partial charge is 0.481 e. The minimum Gasteiger partial charge on any atom is -0.481 e. The van der Waals surface area contributed by atoms with E-state index in [1.165, 1.54) is 12.1 Å². The molecule has 45 heavy (non-hydrogen) atoms. The molecule has 5 amide bonds. The molecule has 1 rings (SSSR count). The zero-order valence-corrected chi connectivity index (χ0v) is 25.4. The number of carboxylic acid groups (broad SMARTS) is 1. The van der Waals surface area contributed by atoms with Crippen molar-refractivity contribution < 1.29 is 59.8 Å². The van der Waals surface area contributed by atoms with Crippen LogP contribution in [-0.4, -0.2) is 103 Å². The highest BCUT2D eigenvalue weighted by Gasteiger charge is 2.33. The van der Waals surface area contributed by atoms with Gasteiger partial charge in [0.25, 0.3) is 26.1 Å². The van der Waals surface area contributed by atoms with Crippen molar-refractivity contribution in [2.24, 2.45) is 5.73 Å². The zero-order chi connectivity index (χ0) is 34.4. The lowest BCUT2D eigenvalue weighted by Gasteiger charge is -2.24. The molecule has 1 aromatic carbocycles. The number of aliphatic carboxylic acids is 1. The van der Waals surface area contributed by atoms with E-state index in [1.807, 2.05) is 10.6 Å². The summed E-state index contributed by atoms with van der Waals surface area (Å²) in [5, 5.41) is 17.2. The number of unbranched alkanes of at least 4 members (excludes halogenated alkanes) is 1. The van der Waals surface area contributed by atoms with E-state index in [0.29, 0.717) is 17.7 Å². The van der Waals surface area contributed by atoms with E-state index in [-0.39, 0.29) is 31.7 Å². The minimum absolute atomic E-state index is 0.0941. The van der Waals surface area contributed by atoms with E-state index in [0.717, 1.165) is 0 Å². The van der Waals surface area contributed by atoms with Gasteiger partial charge in [0.1, 0.15) is 29.6 Å². The molecule has 0 radical (unpaired) electrons. The first kappa shape index (κ1) is 38.7. The van der Waals surface area contributed by atoms with Crippen LogP contribution in [0, 0.1) is 0 Å². The highest BCUT2D eigenvalue weighted by atomic mass is 32.2. The van der Waals surface area contributed by atoms with Crippen LogP contribution in [0.4, 0.5) is 5.69 Å². The molecule has 0 aliphatic rings. The van der Waals surface area contributed by atoms with Crippen molar-refractivity contribution in [3.63, 3.8) is 0 Å². The summed E-state index contributed by atoms with van der Waals surface area (Å²) >= 11 is 0. The lowest BCUT2D eigenvalue weighted by Crippen LogP contribution is -2.59. The van der Waals surface area contributed by atoms with E-state index in [9.17, 15) is 54.7 Å². The SMILES string of the molecule is NC(=O)[C@H](CCCCNC(=O)c1ccc(N)cc1)NC(=O)[C@H](CS(=O)(=O)O)NC(=O)[C@H](CS(=O)(=O)O)NC(=O)CCCC(=O)O. The Labute approximate surface area is 258 Å². The van der Waals surface area contributed by atoms with Crippen molar-refractivity contribution in [2.75, 3.05) is 23.8 Å². The molecule has 3 atom stereocenters. The van der Waals surface area contributed by atoms with E-state index in [4.69, 9.17) is 16.6 Å². The predicted octanol–water partition coefficient (Wildman–Crippen LogP) is -2.86. The number of carboxylic acids is 1. The maximum Gasteiger partial charge on any atom is 0.303 e. The van der Waals surface area contributed by atoms with Gasteiger partial charge in [-0.3, -0.25) is 37.9 Å². The fourth-order valence-corrected chi connectivity index (χ4v) is 5.01. The molecule has 0 heterocycles. The highest BCUT2D eigenvalue weighted by Crippen LogP contribution is 2.07. The molecule has 0 saturated carbocycles. The van der Waals surface area contributed by atoms with Gasteiger partial charge in [0.05, 0.1) is 0 Å². The topological polar surface area (TPSA) is 332 Å². The molecular weight excluding hydrogens is 644 g/mol. The second-order valence-electron chi connectivity index (χ2n) is 9.76. The third kappa shape index (κ3) is 16.9. The fourth-order valence-electron chi connectivity index (χ4n) is 3.70. The number of nitrogens with two attached hydrogens (primary N) is 2. The Morgan fingerprint density at radius 1 is 0.733 bits per heavy atom. The van der Waals surface area contributed by atoms with Gasteiger partial charge in [0.2, 0.25) is 23.6 Å². The zero-order valence-electron chi connectivity index (χ0n) is 23.8. The number of nitrogen functional groups attached to an aromatic ring is 1. The van der Waals surface area contributed by atoms with Crippen molar-refractivity contribution in [2.45, 2.75) is 56.7 Å². The van der Waals surface area contributed by atoms with E-state index in [2.05, 4.69) is 10.6 Å². The van der Waals surface area contributed by atoms with Crippen LogP contribution in [0.1, 0.15) is 48.9 Å². The normalized spacial score (nSPS) is 13.5. The van der Waals surface area contributed by atoms with Crippen LogP contribution in [0.25, 0.3) is 0 Å². The van der Waals surface area contributed by atoms with Crippen LogP contribution in [-0.2, 0) is 44.2 Å². The molecule has 0 bridgehead atoms. The number of nitrogens with one attached hydrogen (secondary N) is 4. The van der Waals surface area contributed by atoms with Gasteiger partial charge in [-0.25, -0.2) is 0 Å². The first-order valence-electron chi connectivity index (χ1n) is 13.2. The number of anilines is 1. The van der Waals surface area contributed by atoms with Crippen molar-refractivity contribution in [3.05, 3.63) is 29.8 Å². The van der Waals surface area contributed by atoms with Gasteiger partial charge >= 0.3 is 5.97 Å². The smallest absolute Gasteiger partial charge is 0.303 e. The lowest BCUT2D eigenvalue weighted by atomic mass is 10.1. The Morgan fingerprint density at radius 3 is 1.73 bits per heavy atom. The summed E-state index contributed by atoms with van der Waals surface area (Å²) in [5.74, 6) is -9.35. The van der Waals surface area contributed by atoms with E-state index >= 15 is 0 Å². The molecular formula is C24H36N6O13S2. The summed E-state index contributed by atoms with van der Waals surface area (Å²) in [6.07, 6.45) is -0.660. The maximum atomic E-state index is 12.9. The molecule has 1 aromatic rings. The fraction of sp³-hybridized carbons (Fsp3) is 0.500. The number of amides is 5. The van der Waals surface area contributed by atoms with Crippen LogP contribution in [0.15, 0.2) is 24.3 Å². The number of hydrogen-bond acceptors (Lipinski definition) is 11. The molecule has 0 aromatic heterocycles. The lowest BCUT2D eigenvalue weighted by molar-refractivity contribution is -0.137. The monoisotopic (exact) mass is 680 g/mol. The number of primary amides is 1. The Balaban J connectivity index is 2.89. The van der Waals surface area contributed by atoms with Crippen molar-refractivity contribution >= 4 is 61.4 Å². The van der Waals surface area contributed by atoms with Crippen LogP contribution in [0.2, 0.25) is 0 Å². The molecule has 21 heteroatoms. The first-order chi connectivity index (χ1) is 20.8. The second kappa shape index (κ2) is 17.8. The summed E-state index contributed by atoms with van der Waals surface area (Å²) in [7, 11) is -9.92. The Hall–Kier alpha value is -4.34. The highest BCUT2D eigenvalue weighted by molar-refractivity contribution is 7.86. The summed E-state index contributed by atoms with van der Waals surface area (Å²) in [6, 6.07) is 0.504.